The fourth-order valence-corrected chi connectivity index (χ4v) is 3.87. The van der Waals surface area contributed by atoms with Crippen LogP contribution >= 0.6 is 11.8 Å². The van der Waals surface area contributed by atoms with Gasteiger partial charge in [0.25, 0.3) is 0 Å². The smallest absolute Gasteiger partial charge is 0.223 e. The molecule has 3 N–H and O–H groups in total. The van der Waals surface area contributed by atoms with Crippen LogP contribution in [0.4, 0.5) is 0 Å². The second-order valence-electron chi connectivity index (χ2n) is 7.10. The van der Waals surface area contributed by atoms with Crippen molar-refractivity contribution in [1.82, 2.24) is 5.32 Å². The van der Waals surface area contributed by atoms with Crippen LogP contribution in [0.3, 0.4) is 0 Å². The van der Waals surface area contributed by atoms with Crippen molar-refractivity contribution in [2.24, 2.45) is 23.0 Å². The maximum absolute atomic E-state index is 12.4. The van der Waals surface area contributed by atoms with E-state index in [1.807, 2.05) is 11.8 Å². The second kappa shape index (κ2) is 9.04. The summed E-state index contributed by atoms with van der Waals surface area (Å²) in [6, 6.07) is 0.237. The Labute approximate surface area is 135 Å². The topological polar surface area (TPSA) is 55.1 Å². The van der Waals surface area contributed by atoms with Gasteiger partial charge in [-0.3, -0.25) is 4.79 Å². The van der Waals surface area contributed by atoms with E-state index < -0.39 is 0 Å². The molecule has 0 aromatic carbocycles. The Morgan fingerprint density at radius 1 is 1.24 bits per heavy atom. The first-order chi connectivity index (χ1) is 9.91. The number of hydrogen-bond acceptors (Lipinski definition) is 3. The van der Waals surface area contributed by atoms with Crippen LogP contribution in [0, 0.1) is 17.3 Å². The molecule has 1 aliphatic rings. The molecule has 0 bridgehead atoms. The maximum Gasteiger partial charge on any atom is 0.223 e. The normalized spacial score (nSPS) is 28.3. The molecule has 124 valence electrons. The molecule has 1 fully saturated rings. The minimum absolute atomic E-state index is 0.0000982. The molecular formula is C17H34N2OS. The molecule has 0 spiro atoms. The van der Waals surface area contributed by atoms with E-state index in [2.05, 4.69) is 32.3 Å². The molecule has 0 aromatic rings. The van der Waals surface area contributed by atoms with Crippen molar-refractivity contribution in [3.05, 3.63) is 0 Å². The minimum atomic E-state index is 0.0000982. The number of carbonyl (C=O) groups is 1. The van der Waals surface area contributed by atoms with Gasteiger partial charge in [0.05, 0.1) is 0 Å². The van der Waals surface area contributed by atoms with Gasteiger partial charge in [0.15, 0.2) is 0 Å². The molecule has 21 heavy (non-hydrogen) atoms. The van der Waals surface area contributed by atoms with E-state index in [-0.39, 0.29) is 23.3 Å². The molecule has 4 heteroatoms. The lowest BCUT2D eigenvalue weighted by Crippen LogP contribution is -2.51. The van der Waals surface area contributed by atoms with Gasteiger partial charge in [-0.25, -0.2) is 0 Å². The van der Waals surface area contributed by atoms with E-state index in [9.17, 15) is 4.79 Å². The average Bonchev–Trinajstić information content (AvgIpc) is 2.43. The monoisotopic (exact) mass is 314 g/mol. The number of rotatable bonds is 8. The predicted octanol–water partition coefficient (Wildman–Crippen LogP) is 3.43. The molecule has 0 heterocycles. The fourth-order valence-electron chi connectivity index (χ4n) is 3.38. The molecular weight excluding hydrogens is 280 g/mol. The van der Waals surface area contributed by atoms with E-state index in [0.29, 0.717) is 5.92 Å². The molecule has 0 radical (unpaired) electrons. The fraction of sp³-hybridized carbons (Fsp3) is 0.941. The van der Waals surface area contributed by atoms with Gasteiger partial charge in [0.2, 0.25) is 5.91 Å². The lowest BCUT2D eigenvalue weighted by Gasteiger charge is -2.46. The molecule has 1 amide bonds. The highest BCUT2D eigenvalue weighted by atomic mass is 32.2. The summed E-state index contributed by atoms with van der Waals surface area (Å²) in [6.07, 6.45) is 8.94. The maximum atomic E-state index is 12.4. The van der Waals surface area contributed by atoms with Crippen molar-refractivity contribution in [1.29, 1.82) is 0 Å². The van der Waals surface area contributed by atoms with Crippen LogP contribution in [0.2, 0.25) is 0 Å². The second-order valence-corrected chi connectivity index (χ2v) is 8.09. The number of carbonyl (C=O) groups excluding carboxylic acids is 1. The third-order valence-electron chi connectivity index (χ3n) is 5.39. The van der Waals surface area contributed by atoms with E-state index in [1.165, 1.54) is 25.0 Å². The zero-order valence-corrected chi connectivity index (χ0v) is 15.1. The summed E-state index contributed by atoms with van der Waals surface area (Å²) in [6.45, 7) is 7.41. The van der Waals surface area contributed by atoms with Crippen LogP contribution in [0.5, 0.6) is 0 Å². The standard InChI is InChI=1S/C17H34N2OS/c1-13-15(18)10-9-14(17(13,2)3)16(20)19-11-7-5-6-8-12-21-4/h13-15H,5-12,18H2,1-4H3,(H,19,20). The van der Waals surface area contributed by atoms with E-state index in [4.69, 9.17) is 5.73 Å². The number of amides is 1. The van der Waals surface area contributed by atoms with Crippen molar-refractivity contribution in [3.63, 3.8) is 0 Å². The van der Waals surface area contributed by atoms with Gasteiger partial charge in [0.1, 0.15) is 0 Å². The SMILES string of the molecule is CSCCCCCCNC(=O)C1CCC(N)C(C)C1(C)C. The Kier molecular flexibility index (Phi) is 8.10. The quantitative estimate of drug-likeness (QED) is 0.675. The summed E-state index contributed by atoms with van der Waals surface area (Å²) >= 11 is 1.91. The first kappa shape index (κ1) is 18.8. The Hall–Kier alpha value is -0.220. The number of nitrogens with one attached hydrogen (secondary N) is 1. The zero-order valence-electron chi connectivity index (χ0n) is 14.3. The van der Waals surface area contributed by atoms with Gasteiger partial charge in [-0.1, -0.05) is 33.6 Å². The van der Waals surface area contributed by atoms with Gasteiger partial charge in [0, 0.05) is 18.5 Å². The van der Waals surface area contributed by atoms with Crippen LogP contribution in [-0.4, -0.2) is 30.5 Å². The number of nitrogens with two attached hydrogens (primary N) is 1. The largest absolute Gasteiger partial charge is 0.356 e. The molecule has 0 aromatic heterocycles. The Morgan fingerprint density at radius 2 is 1.90 bits per heavy atom. The van der Waals surface area contributed by atoms with Crippen molar-refractivity contribution >= 4 is 17.7 Å². The van der Waals surface area contributed by atoms with E-state index >= 15 is 0 Å². The van der Waals surface area contributed by atoms with Crippen LogP contribution in [-0.2, 0) is 4.79 Å². The summed E-state index contributed by atoms with van der Waals surface area (Å²) in [4.78, 5) is 12.4. The number of thioether (sulfide) groups is 1. The first-order valence-corrected chi connectivity index (χ1v) is 9.82. The molecule has 0 aliphatic heterocycles. The summed E-state index contributed by atoms with van der Waals surface area (Å²) in [7, 11) is 0. The Morgan fingerprint density at radius 3 is 2.57 bits per heavy atom. The summed E-state index contributed by atoms with van der Waals surface area (Å²) in [5, 5.41) is 3.15. The minimum Gasteiger partial charge on any atom is -0.356 e. The molecule has 3 nitrogen and oxygen atoms in total. The van der Waals surface area contributed by atoms with Gasteiger partial charge >= 0.3 is 0 Å². The predicted molar refractivity (Wildman–Crippen MR) is 93.5 cm³/mol. The third kappa shape index (κ3) is 5.48. The van der Waals surface area contributed by atoms with Crippen molar-refractivity contribution in [3.8, 4) is 0 Å². The van der Waals surface area contributed by atoms with Crippen LogP contribution in [0.1, 0.15) is 59.3 Å². The highest BCUT2D eigenvalue weighted by Crippen LogP contribution is 2.44. The van der Waals surface area contributed by atoms with Crippen LogP contribution in [0.15, 0.2) is 0 Å². The lowest BCUT2D eigenvalue weighted by atomic mass is 9.61. The van der Waals surface area contributed by atoms with Gasteiger partial charge in [-0.2, -0.15) is 11.8 Å². The summed E-state index contributed by atoms with van der Waals surface area (Å²) in [5.74, 6) is 2.00. The molecule has 3 unspecified atom stereocenters. The van der Waals surface area contributed by atoms with Crippen molar-refractivity contribution < 1.29 is 4.79 Å². The van der Waals surface area contributed by atoms with Crippen molar-refractivity contribution in [2.45, 2.75) is 65.3 Å². The molecule has 1 saturated carbocycles. The number of unbranched alkanes of at least 4 members (excludes halogenated alkanes) is 3. The average molecular weight is 315 g/mol. The zero-order chi connectivity index (χ0) is 15.9. The van der Waals surface area contributed by atoms with Crippen LogP contribution in [0.25, 0.3) is 0 Å². The Balaban J connectivity index is 2.28. The van der Waals surface area contributed by atoms with Crippen LogP contribution < -0.4 is 11.1 Å². The number of hydrogen-bond donors (Lipinski definition) is 2. The summed E-state index contributed by atoms with van der Waals surface area (Å²) in [5.41, 5.74) is 6.16. The van der Waals surface area contributed by atoms with Gasteiger partial charge in [-0.05, 0) is 49.0 Å². The van der Waals surface area contributed by atoms with E-state index in [1.54, 1.807) is 0 Å². The summed E-state index contributed by atoms with van der Waals surface area (Å²) < 4.78 is 0. The lowest BCUT2D eigenvalue weighted by molar-refractivity contribution is -0.132. The highest BCUT2D eigenvalue weighted by Gasteiger charge is 2.44. The molecule has 0 saturated heterocycles. The first-order valence-electron chi connectivity index (χ1n) is 8.43. The molecule has 1 rings (SSSR count). The van der Waals surface area contributed by atoms with E-state index in [0.717, 1.165) is 25.8 Å². The van der Waals surface area contributed by atoms with Gasteiger partial charge < -0.3 is 11.1 Å². The molecule has 1 aliphatic carbocycles. The highest BCUT2D eigenvalue weighted by molar-refractivity contribution is 7.98. The Bertz CT molecular complexity index is 320. The van der Waals surface area contributed by atoms with Crippen molar-refractivity contribution in [2.75, 3.05) is 18.6 Å². The van der Waals surface area contributed by atoms with Gasteiger partial charge in [-0.15, -0.1) is 0 Å². The third-order valence-corrected chi connectivity index (χ3v) is 6.09. The molecule has 3 atom stereocenters.